The first kappa shape index (κ1) is 22.2. The maximum atomic E-state index is 13.5. The van der Waals surface area contributed by atoms with E-state index in [1.54, 1.807) is 0 Å². The number of hydrogen-bond acceptors (Lipinski definition) is 4. The van der Waals surface area contributed by atoms with Crippen LogP contribution >= 0.6 is 0 Å². The van der Waals surface area contributed by atoms with Crippen LogP contribution in [0, 0.1) is 11.6 Å². The van der Waals surface area contributed by atoms with E-state index < -0.39 is 23.5 Å². The van der Waals surface area contributed by atoms with Gasteiger partial charge in [0.25, 0.3) is 5.91 Å². The Morgan fingerprint density at radius 2 is 1.72 bits per heavy atom. The van der Waals surface area contributed by atoms with Gasteiger partial charge in [-0.05, 0) is 42.2 Å². The van der Waals surface area contributed by atoms with Gasteiger partial charge >= 0.3 is 5.97 Å². The first-order valence-corrected chi connectivity index (χ1v) is 9.39. The highest BCUT2D eigenvalue weighted by atomic mass is 19.1. The molecule has 5 nitrogen and oxygen atoms in total. The van der Waals surface area contributed by atoms with Gasteiger partial charge < -0.3 is 10.1 Å². The molecule has 0 fully saturated rings. The second kappa shape index (κ2) is 10.5. The lowest BCUT2D eigenvalue weighted by Gasteiger charge is -2.10. The molecule has 0 aromatic heterocycles. The van der Waals surface area contributed by atoms with E-state index in [2.05, 4.69) is 5.32 Å². The molecule has 29 heavy (non-hydrogen) atoms. The Labute approximate surface area is 168 Å². The molecule has 0 unspecified atom stereocenters. The van der Waals surface area contributed by atoms with E-state index in [-0.39, 0.29) is 30.9 Å². The van der Waals surface area contributed by atoms with Crippen molar-refractivity contribution in [3.8, 4) is 0 Å². The molecular formula is C22H23F2NO4. The summed E-state index contributed by atoms with van der Waals surface area (Å²) in [6.45, 7) is 3.44. The molecule has 1 amide bonds. The maximum absolute atomic E-state index is 13.5. The summed E-state index contributed by atoms with van der Waals surface area (Å²) in [4.78, 5) is 36.1. The van der Waals surface area contributed by atoms with Crippen LogP contribution in [-0.2, 0) is 22.4 Å². The Morgan fingerprint density at radius 1 is 0.966 bits per heavy atom. The zero-order valence-electron chi connectivity index (χ0n) is 16.4. The highest BCUT2D eigenvalue weighted by Gasteiger charge is 2.15. The van der Waals surface area contributed by atoms with Crippen LogP contribution in [0.25, 0.3) is 0 Å². The van der Waals surface area contributed by atoms with Crippen molar-refractivity contribution in [2.45, 2.75) is 33.1 Å². The van der Waals surface area contributed by atoms with E-state index in [4.69, 9.17) is 4.74 Å². The summed E-state index contributed by atoms with van der Waals surface area (Å²) >= 11 is 0. The molecule has 2 aromatic carbocycles. The van der Waals surface area contributed by atoms with Crippen LogP contribution in [-0.4, -0.2) is 30.8 Å². The standard InChI is InChI=1S/C22H23F2NO4/c1-3-14-5-6-15(4-2)18(11-14)20(26)13-29-21(27)9-10-25-22(28)17-8-7-16(23)12-19(17)24/h5-8,11-12H,3-4,9-10,13H2,1-2H3,(H,25,28). The molecule has 0 aliphatic carbocycles. The molecular weight excluding hydrogens is 380 g/mol. The van der Waals surface area contributed by atoms with E-state index in [9.17, 15) is 23.2 Å². The van der Waals surface area contributed by atoms with Crippen LogP contribution in [0.2, 0.25) is 0 Å². The Balaban J connectivity index is 1.82. The van der Waals surface area contributed by atoms with Gasteiger partial charge in [0.15, 0.2) is 6.61 Å². The van der Waals surface area contributed by atoms with Gasteiger partial charge in [0.2, 0.25) is 5.78 Å². The van der Waals surface area contributed by atoms with E-state index in [1.165, 1.54) is 0 Å². The number of ether oxygens (including phenoxy) is 1. The molecule has 0 heterocycles. The Kier molecular flexibility index (Phi) is 8.00. The minimum Gasteiger partial charge on any atom is -0.457 e. The lowest BCUT2D eigenvalue weighted by Crippen LogP contribution is -2.27. The van der Waals surface area contributed by atoms with Gasteiger partial charge in [-0.2, -0.15) is 0 Å². The molecule has 0 atom stereocenters. The Morgan fingerprint density at radius 3 is 2.38 bits per heavy atom. The maximum Gasteiger partial charge on any atom is 0.308 e. The summed E-state index contributed by atoms with van der Waals surface area (Å²) in [6.07, 6.45) is 1.29. The van der Waals surface area contributed by atoms with Crippen molar-refractivity contribution < 1.29 is 27.9 Å². The molecule has 0 radical (unpaired) electrons. The number of Topliss-reactive ketones (excluding diaryl/α,β-unsaturated/α-hetero) is 1. The van der Waals surface area contributed by atoms with Crippen LogP contribution in [0.5, 0.6) is 0 Å². The van der Waals surface area contributed by atoms with Gasteiger partial charge in [0.05, 0.1) is 12.0 Å². The summed E-state index contributed by atoms with van der Waals surface area (Å²) in [5, 5.41) is 2.36. The number of nitrogens with one attached hydrogen (secondary N) is 1. The zero-order valence-corrected chi connectivity index (χ0v) is 16.4. The van der Waals surface area contributed by atoms with Crippen LogP contribution in [0.3, 0.4) is 0 Å². The van der Waals surface area contributed by atoms with Gasteiger partial charge in [-0.1, -0.05) is 26.0 Å². The number of ketones is 1. The van der Waals surface area contributed by atoms with E-state index >= 15 is 0 Å². The third-order valence-corrected chi connectivity index (χ3v) is 4.42. The summed E-state index contributed by atoms with van der Waals surface area (Å²) < 4.78 is 31.4. The first-order valence-electron chi connectivity index (χ1n) is 9.39. The smallest absolute Gasteiger partial charge is 0.308 e. The Bertz CT molecular complexity index is 912. The predicted octanol–water partition coefficient (Wildman–Crippen LogP) is 3.64. The largest absolute Gasteiger partial charge is 0.457 e. The van der Waals surface area contributed by atoms with Crippen molar-refractivity contribution in [3.05, 3.63) is 70.3 Å². The fourth-order valence-electron chi connectivity index (χ4n) is 2.75. The normalized spacial score (nSPS) is 10.5. The number of carbonyl (C=O) groups excluding carboxylic acids is 3. The summed E-state index contributed by atoms with van der Waals surface area (Å²) in [5.74, 6) is -3.50. The summed E-state index contributed by atoms with van der Waals surface area (Å²) in [6, 6.07) is 8.27. The monoisotopic (exact) mass is 403 g/mol. The zero-order chi connectivity index (χ0) is 21.4. The van der Waals surface area contributed by atoms with E-state index in [0.29, 0.717) is 18.1 Å². The molecule has 0 aliphatic heterocycles. The van der Waals surface area contributed by atoms with Crippen molar-refractivity contribution >= 4 is 17.7 Å². The van der Waals surface area contributed by atoms with Gasteiger partial charge in [0.1, 0.15) is 11.6 Å². The van der Waals surface area contributed by atoms with Crippen LogP contribution in [0.15, 0.2) is 36.4 Å². The number of aryl methyl sites for hydroxylation is 2. The van der Waals surface area contributed by atoms with Gasteiger partial charge in [-0.3, -0.25) is 14.4 Å². The average Bonchev–Trinajstić information content (AvgIpc) is 2.71. The lowest BCUT2D eigenvalue weighted by atomic mass is 9.98. The fourth-order valence-corrected chi connectivity index (χ4v) is 2.75. The Hall–Kier alpha value is -3.09. The average molecular weight is 403 g/mol. The third kappa shape index (κ3) is 6.20. The summed E-state index contributed by atoms with van der Waals surface area (Å²) in [5.41, 5.74) is 2.13. The minimum absolute atomic E-state index is 0.103. The van der Waals surface area contributed by atoms with Crippen LogP contribution < -0.4 is 5.32 Å². The van der Waals surface area contributed by atoms with Crippen molar-refractivity contribution in [1.82, 2.24) is 5.32 Å². The molecule has 1 N–H and O–H groups in total. The van der Waals surface area contributed by atoms with Crippen molar-refractivity contribution in [2.24, 2.45) is 0 Å². The number of esters is 1. The SMILES string of the molecule is CCc1ccc(CC)c(C(=O)COC(=O)CCNC(=O)c2ccc(F)cc2F)c1. The number of rotatable bonds is 9. The fraction of sp³-hybridized carbons (Fsp3) is 0.318. The molecule has 0 saturated heterocycles. The molecule has 7 heteroatoms. The summed E-state index contributed by atoms with van der Waals surface area (Å²) in [7, 11) is 0. The van der Waals surface area contributed by atoms with Gasteiger partial charge in [0, 0.05) is 18.2 Å². The molecule has 2 aromatic rings. The van der Waals surface area contributed by atoms with E-state index in [1.807, 2.05) is 32.0 Å². The third-order valence-electron chi connectivity index (χ3n) is 4.42. The number of benzene rings is 2. The number of halogens is 2. The first-order chi connectivity index (χ1) is 13.8. The molecule has 2 rings (SSSR count). The van der Waals surface area contributed by atoms with Crippen LogP contribution in [0.4, 0.5) is 8.78 Å². The van der Waals surface area contributed by atoms with Crippen molar-refractivity contribution in [2.75, 3.05) is 13.2 Å². The predicted molar refractivity (Wildman–Crippen MR) is 104 cm³/mol. The minimum atomic E-state index is -0.989. The quantitative estimate of drug-likeness (QED) is 0.513. The second-order valence-electron chi connectivity index (χ2n) is 6.41. The second-order valence-corrected chi connectivity index (χ2v) is 6.41. The highest BCUT2D eigenvalue weighted by Crippen LogP contribution is 2.15. The molecule has 154 valence electrons. The molecule has 0 spiro atoms. The van der Waals surface area contributed by atoms with Crippen LogP contribution in [0.1, 0.15) is 52.1 Å². The number of carbonyl (C=O) groups is 3. The van der Waals surface area contributed by atoms with Gasteiger partial charge in [-0.25, -0.2) is 8.78 Å². The molecule has 0 bridgehead atoms. The number of amides is 1. The molecule has 0 saturated carbocycles. The van der Waals surface area contributed by atoms with Gasteiger partial charge in [-0.15, -0.1) is 0 Å². The highest BCUT2D eigenvalue weighted by molar-refractivity contribution is 5.99. The molecule has 0 aliphatic rings. The number of hydrogen-bond donors (Lipinski definition) is 1. The topological polar surface area (TPSA) is 72.5 Å². The van der Waals surface area contributed by atoms with Crippen molar-refractivity contribution in [1.29, 1.82) is 0 Å². The van der Waals surface area contributed by atoms with Crippen molar-refractivity contribution in [3.63, 3.8) is 0 Å². The van der Waals surface area contributed by atoms with E-state index in [0.717, 1.165) is 29.7 Å². The lowest BCUT2D eigenvalue weighted by molar-refractivity contribution is -0.142.